The molecule has 0 aliphatic rings. The van der Waals surface area contributed by atoms with Crippen molar-refractivity contribution < 1.29 is 4.79 Å². The molecule has 1 amide bonds. The average Bonchev–Trinajstić information content (AvgIpc) is 2.27. The number of halogens is 1. The Balaban J connectivity index is 2.98. The molecule has 3 N–H and O–H groups in total. The minimum Gasteiger partial charge on any atom is -0.375 e. The molecule has 0 spiro atoms. The van der Waals surface area contributed by atoms with E-state index in [0.717, 1.165) is 5.69 Å². The lowest BCUT2D eigenvalue weighted by Gasteiger charge is -2.21. The number of nitrogens with zero attached hydrogens (tertiary/aromatic N) is 1. The summed E-state index contributed by atoms with van der Waals surface area (Å²) in [6.45, 7) is 3.62. The first-order valence-corrected chi connectivity index (χ1v) is 6.24. The van der Waals surface area contributed by atoms with Gasteiger partial charge in [0.1, 0.15) is 0 Å². The van der Waals surface area contributed by atoms with Gasteiger partial charge in [-0.2, -0.15) is 0 Å². The van der Waals surface area contributed by atoms with Crippen LogP contribution in [0.2, 0.25) is 5.02 Å². The second kappa shape index (κ2) is 6.07. The van der Waals surface area contributed by atoms with E-state index >= 15 is 0 Å². The van der Waals surface area contributed by atoms with Crippen LogP contribution in [0.4, 0.5) is 11.4 Å². The van der Waals surface area contributed by atoms with Crippen molar-refractivity contribution in [1.29, 1.82) is 0 Å². The third-order valence-corrected chi connectivity index (χ3v) is 3.20. The van der Waals surface area contributed by atoms with Crippen molar-refractivity contribution in [2.45, 2.75) is 19.9 Å². The van der Waals surface area contributed by atoms with Gasteiger partial charge < -0.3 is 16.0 Å². The highest BCUT2D eigenvalue weighted by atomic mass is 35.5. The van der Waals surface area contributed by atoms with Gasteiger partial charge in [-0.05, 0) is 19.1 Å². The Morgan fingerprint density at radius 1 is 1.39 bits per heavy atom. The van der Waals surface area contributed by atoms with Gasteiger partial charge in [-0.25, -0.2) is 0 Å². The lowest BCUT2D eigenvalue weighted by atomic mass is 10.0. The van der Waals surface area contributed by atoms with E-state index in [-0.39, 0.29) is 17.9 Å². The van der Waals surface area contributed by atoms with Gasteiger partial charge >= 0.3 is 0 Å². The lowest BCUT2D eigenvalue weighted by molar-refractivity contribution is -0.119. The smallest absolute Gasteiger partial charge is 0.228 e. The topological polar surface area (TPSA) is 58.4 Å². The van der Waals surface area contributed by atoms with E-state index in [2.05, 4.69) is 5.32 Å². The van der Waals surface area contributed by atoms with Crippen LogP contribution < -0.4 is 16.0 Å². The SMILES string of the molecule is CC(N)C(C)C(=O)Nc1cccc(Cl)c1N(C)C. The number of amides is 1. The van der Waals surface area contributed by atoms with E-state index in [1.165, 1.54) is 0 Å². The molecule has 1 aromatic rings. The Bertz CT molecular complexity index is 432. The first-order valence-electron chi connectivity index (χ1n) is 5.87. The molecule has 0 saturated carbocycles. The van der Waals surface area contributed by atoms with Gasteiger partial charge in [-0.15, -0.1) is 0 Å². The molecular formula is C13H20ClN3O. The summed E-state index contributed by atoms with van der Waals surface area (Å²) in [5.74, 6) is -0.352. The third-order valence-electron chi connectivity index (χ3n) is 2.89. The van der Waals surface area contributed by atoms with Crippen LogP contribution in [-0.2, 0) is 4.79 Å². The number of hydrogen-bond acceptors (Lipinski definition) is 3. The zero-order chi connectivity index (χ0) is 13.9. The molecule has 1 aromatic carbocycles. The van der Waals surface area contributed by atoms with Crippen LogP contribution >= 0.6 is 11.6 Å². The number of benzene rings is 1. The largest absolute Gasteiger partial charge is 0.375 e. The molecule has 100 valence electrons. The van der Waals surface area contributed by atoms with Gasteiger partial charge in [0.25, 0.3) is 0 Å². The molecule has 0 saturated heterocycles. The van der Waals surface area contributed by atoms with Crippen molar-refractivity contribution in [3.8, 4) is 0 Å². The summed E-state index contributed by atoms with van der Waals surface area (Å²) in [4.78, 5) is 13.9. The summed E-state index contributed by atoms with van der Waals surface area (Å²) in [6.07, 6.45) is 0. The summed E-state index contributed by atoms with van der Waals surface area (Å²) in [5, 5.41) is 3.47. The molecule has 0 radical (unpaired) electrons. The summed E-state index contributed by atoms with van der Waals surface area (Å²) >= 11 is 6.13. The van der Waals surface area contributed by atoms with E-state index in [9.17, 15) is 4.79 Å². The maximum atomic E-state index is 12.0. The normalized spacial score (nSPS) is 13.9. The van der Waals surface area contributed by atoms with Crippen molar-refractivity contribution in [1.82, 2.24) is 0 Å². The number of nitrogens with one attached hydrogen (secondary N) is 1. The monoisotopic (exact) mass is 269 g/mol. The molecule has 18 heavy (non-hydrogen) atoms. The number of hydrogen-bond donors (Lipinski definition) is 2. The van der Waals surface area contributed by atoms with Gasteiger partial charge in [-0.1, -0.05) is 24.6 Å². The zero-order valence-corrected chi connectivity index (χ0v) is 12.0. The molecule has 2 unspecified atom stereocenters. The van der Waals surface area contributed by atoms with E-state index in [0.29, 0.717) is 10.7 Å². The Labute approximate surface area is 113 Å². The molecule has 4 nitrogen and oxygen atoms in total. The van der Waals surface area contributed by atoms with Gasteiger partial charge in [0.2, 0.25) is 5.91 Å². The van der Waals surface area contributed by atoms with E-state index in [4.69, 9.17) is 17.3 Å². The maximum absolute atomic E-state index is 12.0. The summed E-state index contributed by atoms with van der Waals surface area (Å²) in [6, 6.07) is 5.24. The molecule has 1 rings (SSSR count). The predicted octanol–water partition coefficient (Wildman–Crippen LogP) is 2.33. The second-order valence-electron chi connectivity index (χ2n) is 4.67. The number of anilines is 2. The Hall–Kier alpha value is -1.26. The van der Waals surface area contributed by atoms with Gasteiger partial charge in [0.15, 0.2) is 0 Å². The summed E-state index contributed by atoms with van der Waals surface area (Å²) < 4.78 is 0. The van der Waals surface area contributed by atoms with Crippen molar-refractivity contribution in [2.75, 3.05) is 24.3 Å². The second-order valence-corrected chi connectivity index (χ2v) is 5.07. The quantitative estimate of drug-likeness (QED) is 0.882. The summed E-state index contributed by atoms with van der Waals surface area (Å²) in [5.41, 5.74) is 7.22. The van der Waals surface area contributed by atoms with Crippen LogP contribution in [0.5, 0.6) is 0 Å². The van der Waals surface area contributed by atoms with Crippen molar-refractivity contribution in [3.63, 3.8) is 0 Å². The minimum absolute atomic E-state index is 0.102. The van der Waals surface area contributed by atoms with Crippen LogP contribution in [0.1, 0.15) is 13.8 Å². The van der Waals surface area contributed by atoms with Crippen LogP contribution in [0, 0.1) is 5.92 Å². The van der Waals surface area contributed by atoms with Crippen LogP contribution in [0.15, 0.2) is 18.2 Å². The van der Waals surface area contributed by atoms with E-state index in [1.807, 2.05) is 38.1 Å². The summed E-state index contributed by atoms with van der Waals surface area (Å²) in [7, 11) is 3.76. The number of carbonyl (C=O) groups excluding carboxylic acids is 1. The minimum atomic E-state index is -0.251. The highest BCUT2D eigenvalue weighted by Crippen LogP contribution is 2.32. The first-order chi connectivity index (χ1) is 8.34. The van der Waals surface area contributed by atoms with Crippen LogP contribution in [-0.4, -0.2) is 26.0 Å². The number of para-hydroxylation sites is 1. The molecule has 0 aliphatic carbocycles. The van der Waals surface area contributed by atoms with Crippen LogP contribution in [0.25, 0.3) is 0 Å². The molecule has 0 aromatic heterocycles. The number of carbonyl (C=O) groups is 1. The van der Waals surface area contributed by atoms with E-state index in [1.54, 1.807) is 13.0 Å². The fourth-order valence-corrected chi connectivity index (χ4v) is 1.90. The molecular weight excluding hydrogens is 250 g/mol. The molecule has 0 aliphatic heterocycles. The molecule has 0 fully saturated rings. The molecule has 0 heterocycles. The zero-order valence-electron chi connectivity index (χ0n) is 11.2. The highest BCUT2D eigenvalue weighted by Gasteiger charge is 2.19. The fourth-order valence-electron chi connectivity index (χ4n) is 1.56. The highest BCUT2D eigenvalue weighted by molar-refractivity contribution is 6.34. The Morgan fingerprint density at radius 3 is 2.50 bits per heavy atom. The Morgan fingerprint density at radius 2 is 2.00 bits per heavy atom. The standard InChI is InChI=1S/C13H20ClN3O/c1-8(9(2)15)13(18)16-11-7-5-6-10(14)12(11)17(3)4/h5-9H,15H2,1-4H3,(H,16,18). The predicted molar refractivity (Wildman–Crippen MR) is 77.2 cm³/mol. The lowest BCUT2D eigenvalue weighted by Crippen LogP contribution is -2.34. The molecule has 0 bridgehead atoms. The number of rotatable bonds is 4. The van der Waals surface area contributed by atoms with Gasteiger partial charge in [0.05, 0.1) is 22.3 Å². The van der Waals surface area contributed by atoms with Gasteiger partial charge in [0, 0.05) is 20.1 Å². The van der Waals surface area contributed by atoms with E-state index < -0.39 is 0 Å². The van der Waals surface area contributed by atoms with Gasteiger partial charge in [-0.3, -0.25) is 4.79 Å². The number of nitrogens with two attached hydrogens (primary N) is 1. The van der Waals surface area contributed by atoms with Crippen LogP contribution in [0.3, 0.4) is 0 Å². The Kier molecular flexibility index (Phi) is 4.99. The van der Waals surface area contributed by atoms with Crippen molar-refractivity contribution >= 4 is 28.9 Å². The third kappa shape index (κ3) is 3.37. The van der Waals surface area contributed by atoms with Crippen molar-refractivity contribution in [2.24, 2.45) is 11.7 Å². The maximum Gasteiger partial charge on any atom is 0.228 e. The molecule has 5 heteroatoms. The van der Waals surface area contributed by atoms with Crippen molar-refractivity contribution in [3.05, 3.63) is 23.2 Å². The average molecular weight is 270 g/mol. The first kappa shape index (κ1) is 14.8. The fraction of sp³-hybridized carbons (Fsp3) is 0.462. The molecule has 2 atom stereocenters.